The largest absolute Gasteiger partial charge is 0.478 e. The third-order valence-corrected chi connectivity index (χ3v) is 7.03. The highest BCUT2D eigenvalue weighted by atomic mass is 32.1. The van der Waals surface area contributed by atoms with E-state index >= 15 is 0 Å². The lowest BCUT2D eigenvalue weighted by molar-refractivity contribution is 0.0686. The van der Waals surface area contributed by atoms with Crippen LogP contribution in [-0.2, 0) is 0 Å². The molecule has 34 heavy (non-hydrogen) atoms. The number of carboxylic acid groups (broad SMARTS) is 2. The highest BCUT2D eigenvalue weighted by Gasteiger charge is 2.13. The summed E-state index contributed by atoms with van der Waals surface area (Å²) >= 11 is 2.85. The van der Waals surface area contributed by atoms with Crippen molar-refractivity contribution in [3.05, 3.63) is 83.9 Å². The summed E-state index contributed by atoms with van der Waals surface area (Å²) in [6.45, 7) is 0. The fourth-order valence-electron chi connectivity index (χ4n) is 3.18. The van der Waals surface area contributed by atoms with Gasteiger partial charge in [-0.15, -0.1) is 20.4 Å². The number of aromatic carboxylic acids is 2. The second kappa shape index (κ2) is 8.93. The molecule has 0 aliphatic rings. The van der Waals surface area contributed by atoms with Gasteiger partial charge in [0.2, 0.25) is 0 Å². The van der Waals surface area contributed by atoms with Crippen LogP contribution >= 0.6 is 22.7 Å². The molecule has 0 radical (unpaired) electrons. The number of hydrogen-bond donors (Lipinski definition) is 2. The quantitative estimate of drug-likeness (QED) is 0.324. The Morgan fingerprint density at radius 1 is 0.471 bits per heavy atom. The van der Waals surface area contributed by atoms with Crippen molar-refractivity contribution >= 4 is 34.6 Å². The Morgan fingerprint density at radius 3 is 0.941 bits per heavy atom. The first-order chi connectivity index (χ1) is 16.5. The minimum atomic E-state index is -0.969. The number of benzene rings is 3. The molecule has 0 atom stereocenters. The van der Waals surface area contributed by atoms with Gasteiger partial charge < -0.3 is 10.2 Å². The molecular formula is C24H14N4O4S2. The van der Waals surface area contributed by atoms with E-state index in [1.165, 1.54) is 22.7 Å². The SMILES string of the molecule is O=C(O)c1ccc(-c2nnc(-c3ccc(-c4nnc(-c5ccc(C(=O)O)cc5)s4)cc3)s2)cc1. The smallest absolute Gasteiger partial charge is 0.335 e. The second-order valence-electron chi connectivity index (χ2n) is 7.17. The van der Waals surface area contributed by atoms with Crippen molar-refractivity contribution in [3.63, 3.8) is 0 Å². The number of carboxylic acids is 2. The molecule has 10 heteroatoms. The van der Waals surface area contributed by atoms with E-state index in [4.69, 9.17) is 10.2 Å². The molecule has 2 heterocycles. The molecule has 0 amide bonds. The van der Waals surface area contributed by atoms with Gasteiger partial charge in [0.1, 0.15) is 20.0 Å². The molecule has 2 N–H and O–H groups in total. The lowest BCUT2D eigenvalue weighted by Gasteiger charge is -1.99. The molecular weight excluding hydrogens is 472 g/mol. The minimum absolute atomic E-state index is 0.223. The Bertz CT molecular complexity index is 1380. The summed E-state index contributed by atoms with van der Waals surface area (Å²) < 4.78 is 0. The lowest BCUT2D eigenvalue weighted by Crippen LogP contribution is -1.94. The van der Waals surface area contributed by atoms with Crippen molar-refractivity contribution in [2.24, 2.45) is 0 Å². The minimum Gasteiger partial charge on any atom is -0.478 e. The number of carbonyl (C=O) groups is 2. The monoisotopic (exact) mass is 486 g/mol. The van der Waals surface area contributed by atoms with Crippen molar-refractivity contribution in [1.29, 1.82) is 0 Å². The third kappa shape index (κ3) is 4.32. The average Bonchev–Trinajstić information content (AvgIpc) is 3.55. The highest BCUT2D eigenvalue weighted by molar-refractivity contribution is 7.18. The standard InChI is InChI=1S/C24H14N4O4S2/c29-23(30)17-9-5-15(6-10-17)21-27-25-19(33-21)13-1-2-14(4-3-13)20-26-28-22(34-20)16-7-11-18(12-8-16)24(31)32/h1-12H,(H,29,30)(H,31,32). The molecule has 0 saturated carbocycles. The Kier molecular flexibility index (Phi) is 5.66. The van der Waals surface area contributed by atoms with Crippen LogP contribution in [0.4, 0.5) is 0 Å². The molecule has 3 aromatic carbocycles. The topological polar surface area (TPSA) is 126 Å². The maximum Gasteiger partial charge on any atom is 0.335 e. The summed E-state index contributed by atoms with van der Waals surface area (Å²) in [6.07, 6.45) is 0. The van der Waals surface area contributed by atoms with Gasteiger partial charge in [-0.1, -0.05) is 71.2 Å². The molecule has 5 aromatic rings. The Labute approximate surface area is 200 Å². The van der Waals surface area contributed by atoms with Crippen LogP contribution in [0.2, 0.25) is 0 Å². The highest BCUT2D eigenvalue weighted by Crippen LogP contribution is 2.33. The molecule has 5 rings (SSSR count). The predicted octanol–water partition coefficient (Wildman–Crippen LogP) is 5.45. The van der Waals surface area contributed by atoms with Crippen molar-refractivity contribution in [3.8, 4) is 42.3 Å². The number of aromatic nitrogens is 4. The van der Waals surface area contributed by atoms with E-state index in [0.717, 1.165) is 32.3 Å². The first-order valence-electron chi connectivity index (χ1n) is 9.93. The molecule has 0 spiro atoms. The molecule has 8 nitrogen and oxygen atoms in total. The third-order valence-electron chi connectivity index (χ3n) is 4.99. The van der Waals surface area contributed by atoms with Crippen LogP contribution < -0.4 is 0 Å². The maximum atomic E-state index is 11.0. The summed E-state index contributed by atoms with van der Waals surface area (Å²) in [5.41, 5.74) is 3.88. The fourth-order valence-corrected chi connectivity index (χ4v) is 4.89. The van der Waals surface area contributed by atoms with Crippen molar-refractivity contribution < 1.29 is 19.8 Å². The first-order valence-corrected chi connectivity index (χ1v) is 11.6. The lowest BCUT2D eigenvalue weighted by atomic mass is 10.1. The van der Waals surface area contributed by atoms with Crippen LogP contribution in [-0.4, -0.2) is 42.5 Å². The van der Waals surface area contributed by atoms with E-state index < -0.39 is 11.9 Å². The predicted molar refractivity (Wildman–Crippen MR) is 129 cm³/mol. The molecule has 0 bridgehead atoms. The number of nitrogens with zero attached hydrogens (tertiary/aromatic N) is 4. The van der Waals surface area contributed by atoms with Gasteiger partial charge in [0.05, 0.1) is 11.1 Å². The van der Waals surface area contributed by atoms with E-state index in [0.29, 0.717) is 10.0 Å². The van der Waals surface area contributed by atoms with Gasteiger partial charge in [0.25, 0.3) is 0 Å². The fraction of sp³-hybridized carbons (Fsp3) is 0. The van der Waals surface area contributed by atoms with Crippen molar-refractivity contribution in [2.45, 2.75) is 0 Å². The zero-order valence-corrected chi connectivity index (χ0v) is 18.9. The first kappa shape index (κ1) is 21.6. The Morgan fingerprint density at radius 2 is 0.706 bits per heavy atom. The Balaban J connectivity index is 1.33. The van der Waals surface area contributed by atoms with Gasteiger partial charge in [-0.25, -0.2) is 9.59 Å². The molecule has 166 valence electrons. The maximum absolute atomic E-state index is 11.0. The van der Waals surface area contributed by atoms with Crippen molar-refractivity contribution in [2.75, 3.05) is 0 Å². The van der Waals surface area contributed by atoms with Crippen LogP contribution in [0, 0.1) is 0 Å². The molecule has 0 fully saturated rings. The van der Waals surface area contributed by atoms with Gasteiger partial charge in [-0.2, -0.15) is 0 Å². The molecule has 0 unspecified atom stereocenters. The molecule has 0 aliphatic heterocycles. The molecule has 0 saturated heterocycles. The van der Waals surface area contributed by atoms with E-state index in [1.54, 1.807) is 48.5 Å². The van der Waals surface area contributed by atoms with E-state index in [9.17, 15) is 9.59 Å². The number of hydrogen-bond acceptors (Lipinski definition) is 8. The van der Waals surface area contributed by atoms with Gasteiger partial charge >= 0.3 is 11.9 Å². The van der Waals surface area contributed by atoms with Crippen LogP contribution in [0.15, 0.2) is 72.8 Å². The zero-order chi connectivity index (χ0) is 23.7. The van der Waals surface area contributed by atoms with Crippen molar-refractivity contribution in [1.82, 2.24) is 20.4 Å². The number of rotatable bonds is 6. The normalized spacial score (nSPS) is 10.8. The van der Waals surface area contributed by atoms with Crippen LogP contribution in [0.1, 0.15) is 20.7 Å². The molecule has 2 aromatic heterocycles. The summed E-state index contributed by atoms with van der Waals surface area (Å²) in [5.74, 6) is -1.94. The van der Waals surface area contributed by atoms with Gasteiger partial charge in [0.15, 0.2) is 0 Å². The molecule has 0 aliphatic carbocycles. The van der Waals surface area contributed by atoms with Gasteiger partial charge in [0, 0.05) is 22.3 Å². The average molecular weight is 487 g/mol. The summed E-state index contributed by atoms with van der Waals surface area (Å²) in [4.78, 5) is 22.0. The van der Waals surface area contributed by atoms with Crippen LogP contribution in [0.3, 0.4) is 0 Å². The van der Waals surface area contributed by atoms with Gasteiger partial charge in [-0.05, 0) is 24.3 Å². The van der Waals surface area contributed by atoms with E-state index in [1.807, 2.05) is 24.3 Å². The van der Waals surface area contributed by atoms with Crippen LogP contribution in [0.25, 0.3) is 42.3 Å². The summed E-state index contributed by atoms with van der Waals surface area (Å²) in [6, 6.07) is 20.8. The van der Waals surface area contributed by atoms with E-state index in [-0.39, 0.29) is 11.1 Å². The van der Waals surface area contributed by atoms with Crippen LogP contribution in [0.5, 0.6) is 0 Å². The Hall–Kier alpha value is -4.28. The van der Waals surface area contributed by atoms with Gasteiger partial charge in [-0.3, -0.25) is 0 Å². The summed E-state index contributed by atoms with van der Waals surface area (Å²) in [5, 5.41) is 38.0. The zero-order valence-electron chi connectivity index (χ0n) is 17.2. The summed E-state index contributed by atoms with van der Waals surface area (Å²) in [7, 11) is 0. The van der Waals surface area contributed by atoms with E-state index in [2.05, 4.69) is 20.4 Å². The second-order valence-corrected chi connectivity index (χ2v) is 9.12.